The van der Waals surface area contributed by atoms with Crippen molar-refractivity contribution in [1.29, 1.82) is 0 Å². The minimum absolute atomic E-state index is 0.0119. The fourth-order valence-electron chi connectivity index (χ4n) is 11.0. The van der Waals surface area contributed by atoms with Gasteiger partial charge in [-0.3, -0.25) is 33.6 Å². The van der Waals surface area contributed by atoms with Crippen LogP contribution in [0, 0.1) is 16.2 Å². The van der Waals surface area contributed by atoms with E-state index in [1.807, 2.05) is 114 Å². The highest BCUT2D eigenvalue weighted by atomic mass is 16.5. The number of amides is 7. The molecule has 0 aromatic heterocycles. The summed E-state index contributed by atoms with van der Waals surface area (Å²) in [5, 5.41) is 18.4. The van der Waals surface area contributed by atoms with Crippen LogP contribution in [0.5, 0.6) is 0 Å². The normalized spacial score (nSPS) is 21.8. The van der Waals surface area contributed by atoms with E-state index in [0.29, 0.717) is 12.8 Å². The van der Waals surface area contributed by atoms with E-state index in [1.54, 1.807) is 44.9 Å². The van der Waals surface area contributed by atoms with Gasteiger partial charge in [-0.15, -0.1) is 0 Å². The molecule has 412 valence electrons. The Kier molecular flexibility index (Phi) is 18.2. The van der Waals surface area contributed by atoms with Crippen molar-refractivity contribution >= 4 is 41.4 Å². The van der Waals surface area contributed by atoms with Gasteiger partial charge in [-0.2, -0.15) is 0 Å². The van der Waals surface area contributed by atoms with Crippen molar-refractivity contribution in [3.63, 3.8) is 0 Å². The van der Waals surface area contributed by atoms with Gasteiger partial charge < -0.3 is 51.3 Å². The standard InChI is InChI=1S/C59H83N9O8/c1-36(60-9)50(69)64-48(57(3,4)5)54(73)66-32-41-24-16-15-23-40(41)30-46(66)53(72)68(47(34-76-11)39-21-13-12-14-22-39)35-59(28-29-59)56(75)62-42-31-45(52(71)63-44-27-19-25-38-20-17-18-26-43(38)44)67(33-42)55(74)49(58(6,7)8)65-51(70)37(2)61-10/h12-18,20-24,26,36-37,42,44-49,60-61H,19,25,27-35H2,1-11H3,(H,62,75)(H,63,71)(H,64,69)(H,65,70)/t36-,37-,42?,44?,45-,46?,47-,48+,49+/m0/s1. The molecule has 3 aromatic carbocycles. The summed E-state index contributed by atoms with van der Waals surface area (Å²) >= 11 is 0. The number of ether oxygens (including phenoxy) is 1. The lowest BCUT2D eigenvalue weighted by atomic mass is 9.84. The van der Waals surface area contributed by atoms with Crippen LogP contribution in [-0.4, -0.2) is 139 Å². The predicted molar refractivity (Wildman–Crippen MR) is 291 cm³/mol. The molecule has 76 heavy (non-hydrogen) atoms. The molecule has 9 atom stereocenters. The molecule has 2 aliphatic carbocycles. The number of nitrogens with one attached hydrogen (secondary N) is 6. The van der Waals surface area contributed by atoms with E-state index >= 15 is 14.4 Å². The molecular formula is C59H83N9O8. The zero-order valence-electron chi connectivity index (χ0n) is 46.6. The first-order valence-corrected chi connectivity index (χ1v) is 27.2. The van der Waals surface area contributed by atoms with Crippen molar-refractivity contribution in [3.8, 4) is 0 Å². The van der Waals surface area contributed by atoms with Crippen molar-refractivity contribution in [2.75, 3.05) is 40.9 Å². The van der Waals surface area contributed by atoms with Crippen molar-refractivity contribution in [3.05, 3.63) is 107 Å². The summed E-state index contributed by atoms with van der Waals surface area (Å²) in [5.74, 6) is -2.54. The molecule has 4 aliphatic rings. The minimum atomic E-state index is -1.06. The lowest BCUT2D eigenvalue weighted by molar-refractivity contribution is -0.154. The monoisotopic (exact) mass is 1050 g/mol. The minimum Gasteiger partial charge on any atom is -0.382 e. The number of aryl methyl sites for hydroxylation is 1. The molecule has 6 N–H and O–H groups in total. The van der Waals surface area contributed by atoms with Crippen LogP contribution >= 0.6 is 0 Å². The number of hydrogen-bond donors (Lipinski definition) is 6. The Morgan fingerprint density at radius 3 is 1.83 bits per heavy atom. The molecule has 0 bridgehead atoms. The summed E-state index contributed by atoms with van der Waals surface area (Å²) in [6, 6.07) is 18.6. The lowest BCUT2D eigenvalue weighted by Gasteiger charge is -2.44. The maximum atomic E-state index is 15.9. The molecule has 2 fully saturated rings. The second kappa shape index (κ2) is 24.0. The highest BCUT2D eigenvalue weighted by molar-refractivity contribution is 5.96. The predicted octanol–water partition coefficient (Wildman–Crippen LogP) is 4.49. The molecule has 0 radical (unpaired) electrons. The van der Waals surface area contributed by atoms with Crippen LogP contribution in [0.25, 0.3) is 0 Å². The van der Waals surface area contributed by atoms with E-state index in [4.69, 9.17) is 4.74 Å². The van der Waals surface area contributed by atoms with E-state index < -0.39 is 76.4 Å². The number of nitrogens with zero attached hydrogens (tertiary/aromatic N) is 3. The smallest absolute Gasteiger partial charge is 0.246 e. The third-order valence-electron chi connectivity index (χ3n) is 16.2. The number of carbonyl (C=O) groups is 7. The Morgan fingerprint density at radius 2 is 1.26 bits per heavy atom. The van der Waals surface area contributed by atoms with Gasteiger partial charge >= 0.3 is 0 Å². The highest BCUT2D eigenvalue weighted by Gasteiger charge is 2.55. The Hall–Kier alpha value is -6.17. The first-order chi connectivity index (χ1) is 36.0. The first kappa shape index (κ1) is 57.5. The molecule has 0 spiro atoms. The summed E-state index contributed by atoms with van der Waals surface area (Å²) in [7, 11) is 4.91. The number of benzene rings is 3. The number of likely N-dealkylation sites (tertiary alicyclic amines) is 1. The summed E-state index contributed by atoms with van der Waals surface area (Å²) in [6.07, 6.45) is 3.77. The Balaban J connectivity index is 1.21. The Morgan fingerprint density at radius 1 is 0.711 bits per heavy atom. The summed E-state index contributed by atoms with van der Waals surface area (Å²) in [4.78, 5) is 108. The van der Waals surface area contributed by atoms with Gasteiger partial charge in [0.05, 0.1) is 36.2 Å². The largest absolute Gasteiger partial charge is 0.382 e. The molecule has 2 heterocycles. The van der Waals surface area contributed by atoms with Gasteiger partial charge in [0.2, 0.25) is 41.4 Å². The lowest BCUT2D eigenvalue weighted by Crippen LogP contribution is -2.62. The van der Waals surface area contributed by atoms with Gasteiger partial charge in [-0.05, 0) is 105 Å². The van der Waals surface area contributed by atoms with E-state index in [1.165, 1.54) is 10.5 Å². The second-order valence-electron chi connectivity index (χ2n) is 23.8. The first-order valence-electron chi connectivity index (χ1n) is 27.2. The van der Waals surface area contributed by atoms with Crippen LogP contribution in [-0.2, 0) is 57.7 Å². The molecular weight excluding hydrogens is 963 g/mol. The average molecular weight is 1050 g/mol. The molecule has 7 rings (SSSR count). The van der Waals surface area contributed by atoms with Crippen molar-refractivity contribution < 1.29 is 38.3 Å². The number of methoxy groups -OCH3 is 1. The van der Waals surface area contributed by atoms with Crippen LogP contribution in [0.15, 0.2) is 78.9 Å². The number of carbonyl (C=O) groups excluding carboxylic acids is 7. The SMILES string of the molecule is CN[C@@H](C)C(=O)N[C@H](C(=O)N1Cc2ccccc2CC1C(=O)N(CC1(C(=O)NC2C[C@@H](C(=O)NC3CCCc4ccccc43)N(C(=O)[C@@H](NC(=O)[C@H](C)NC)C(C)(C)C)C2)CC1)[C@@H](COC)c1ccccc1)C(C)(C)C. The molecule has 17 nitrogen and oxygen atoms in total. The summed E-state index contributed by atoms with van der Waals surface area (Å²) in [6.45, 7) is 14.9. The van der Waals surface area contributed by atoms with Gasteiger partial charge in [-0.25, -0.2) is 0 Å². The molecule has 2 aliphatic heterocycles. The van der Waals surface area contributed by atoms with Gasteiger partial charge in [0.1, 0.15) is 24.2 Å². The fraction of sp³-hybridized carbons (Fsp3) is 0.576. The molecule has 3 unspecified atom stereocenters. The third kappa shape index (κ3) is 13.0. The number of hydrogen-bond acceptors (Lipinski definition) is 10. The van der Waals surface area contributed by atoms with E-state index in [-0.39, 0.29) is 74.7 Å². The summed E-state index contributed by atoms with van der Waals surface area (Å²) < 4.78 is 5.87. The van der Waals surface area contributed by atoms with Crippen LogP contribution in [0.1, 0.15) is 127 Å². The third-order valence-corrected chi connectivity index (χ3v) is 16.2. The molecule has 1 saturated heterocycles. The average Bonchev–Trinajstić information content (AvgIpc) is 4.08. The van der Waals surface area contributed by atoms with Crippen molar-refractivity contribution in [2.24, 2.45) is 16.2 Å². The fourth-order valence-corrected chi connectivity index (χ4v) is 11.0. The van der Waals surface area contributed by atoms with Gasteiger partial charge in [0, 0.05) is 39.2 Å². The number of likely N-dealkylation sites (N-methyl/N-ethyl adjacent to an activating group) is 2. The van der Waals surface area contributed by atoms with E-state index in [2.05, 4.69) is 38.0 Å². The zero-order chi connectivity index (χ0) is 55.3. The van der Waals surface area contributed by atoms with Crippen LogP contribution < -0.4 is 31.9 Å². The van der Waals surface area contributed by atoms with Gasteiger partial charge in [0.15, 0.2) is 0 Å². The van der Waals surface area contributed by atoms with E-state index in [9.17, 15) is 19.2 Å². The summed E-state index contributed by atoms with van der Waals surface area (Å²) in [5.41, 5.74) is 2.27. The van der Waals surface area contributed by atoms with Crippen LogP contribution in [0.3, 0.4) is 0 Å². The van der Waals surface area contributed by atoms with Gasteiger partial charge in [0.25, 0.3) is 0 Å². The Labute approximate surface area is 449 Å². The quantitative estimate of drug-likeness (QED) is 0.0991. The molecule has 1 saturated carbocycles. The number of fused-ring (bicyclic) bond motifs is 2. The van der Waals surface area contributed by atoms with Gasteiger partial charge in [-0.1, -0.05) is 120 Å². The van der Waals surface area contributed by atoms with Crippen molar-refractivity contribution in [2.45, 2.75) is 161 Å². The highest BCUT2D eigenvalue weighted by Crippen LogP contribution is 2.48. The zero-order valence-corrected chi connectivity index (χ0v) is 46.6. The number of rotatable bonds is 19. The van der Waals surface area contributed by atoms with Crippen LogP contribution in [0.2, 0.25) is 0 Å². The maximum absolute atomic E-state index is 15.9. The molecule has 7 amide bonds. The topological polar surface area (TPSA) is 211 Å². The Bertz CT molecular complexity index is 2590. The van der Waals surface area contributed by atoms with E-state index in [0.717, 1.165) is 41.5 Å². The molecule has 17 heteroatoms. The van der Waals surface area contributed by atoms with Crippen LogP contribution in [0.4, 0.5) is 0 Å². The van der Waals surface area contributed by atoms with Crippen molar-refractivity contribution in [1.82, 2.24) is 46.6 Å². The maximum Gasteiger partial charge on any atom is 0.246 e. The molecule has 3 aromatic rings. The second-order valence-corrected chi connectivity index (χ2v) is 23.8.